The van der Waals surface area contributed by atoms with Crippen LogP contribution in [0.25, 0.3) is 0 Å². The lowest BCUT2D eigenvalue weighted by atomic mass is 10.0. The minimum Gasteiger partial charge on any atom is -0.356 e. The van der Waals surface area contributed by atoms with Gasteiger partial charge in [-0.15, -0.1) is 0 Å². The van der Waals surface area contributed by atoms with Gasteiger partial charge in [0.2, 0.25) is 0 Å². The number of piperidine rings is 1. The molecule has 0 aliphatic carbocycles. The molecule has 0 spiro atoms. The van der Waals surface area contributed by atoms with Crippen LogP contribution in [0.15, 0.2) is 12.3 Å². The van der Waals surface area contributed by atoms with Gasteiger partial charge in [-0.3, -0.25) is 0 Å². The first-order valence-electron chi connectivity index (χ1n) is 7.66. The fraction of sp³-hybridized carbons (Fsp3) is 0.688. The highest BCUT2D eigenvalue weighted by molar-refractivity contribution is 5.47. The molecule has 3 heteroatoms. The van der Waals surface area contributed by atoms with Crippen molar-refractivity contribution in [2.24, 2.45) is 0 Å². The van der Waals surface area contributed by atoms with Crippen molar-refractivity contribution in [3.63, 3.8) is 0 Å². The van der Waals surface area contributed by atoms with Crippen molar-refractivity contribution in [1.82, 2.24) is 9.88 Å². The second-order valence-corrected chi connectivity index (χ2v) is 6.11. The molecule has 3 nitrogen and oxygen atoms in total. The predicted molar refractivity (Wildman–Crippen MR) is 79.8 cm³/mol. The average Bonchev–Trinajstić information content (AvgIpc) is 2.93. The zero-order valence-corrected chi connectivity index (χ0v) is 12.2. The van der Waals surface area contributed by atoms with E-state index < -0.39 is 0 Å². The van der Waals surface area contributed by atoms with Crippen molar-refractivity contribution >= 4 is 5.82 Å². The number of nitrogens with zero attached hydrogens (tertiary/aromatic N) is 3. The summed E-state index contributed by atoms with van der Waals surface area (Å²) in [5.41, 5.74) is 2.58. The lowest BCUT2D eigenvalue weighted by molar-refractivity contribution is 0.207. The summed E-state index contributed by atoms with van der Waals surface area (Å²) in [6.45, 7) is 9.28. The van der Waals surface area contributed by atoms with Crippen molar-refractivity contribution < 1.29 is 0 Å². The van der Waals surface area contributed by atoms with Crippen LogP contribution in [0.4, 0.5) is 5.82 Å². The van der Waals surface area contributed by atoms with Crippen LogP contribution in [-0.4, -0.2) is 42.1 Å². The number of rotatable bonds is 2. The van der Waals surface area contributed by atoms with E-state index >= 15 is 0 Å². The highest BCUT2D eigenvalue weighted by atomic mass is 15.2. The molecule has 2 fully saturated rings. The number of anilines is 1. The molecule has 2 aliphatic rings. The lowest BCUT2D eigenvalue weighted by Crippen LogP contribution is -2.44. The van der Waals surface area contributed by atoms with Crippen LogP contribution in [0, 0.1) is 13.8 Å². The van der Waals surface area contributed by atoms with Gasteiger partial charge >= 0.3 is 0 Å². The molecule has 3 heterocycles. The van der Waals surface area contributed by atoms with Crippen LogP contribution in [-0.2, 0) is 0 Å². The number of aromatic nitrogens is 1. The van der Waals surface area contributed by atoms with Crippen LogP contribution in [0.5, 0.6) is 0 Å². The van der Waals surface area contributed by atoms with E-state index in [0.29, 0.717) is 0 Å². The van der Waals surface area contributed by atoms with E-state index in [2.05, 4.69) is 34.7 Å². The van der Waals surface area contributed by atoms with Crippen molar-refractivity contribution in [2.75, 3.05) is 31.1 Å². The molecule has 0 atom stereocenters. The Morgan fingerprint density at radius 2 is 1.74 bits per heavy atom. The standard InChI is InChI=1S/C16H25N3/c1-13-11-14(2)16(17-12-13)19-9-5-15(6-10-19)18-7-3-4-8-18/h11-12,15H,3-10H2,1-2H3. The van der Waals surface area contributed by atoms with Gasteiger partial charge in [0.25, 0.3) is 0 Å². The average molecular weight is 259 g/mol. The molecule has 0 saturated carbocycles. The van der Waals surface area contributed by atoms with E-state index in [-0.39, 0.29) is 0 Å². The van der Waals surface area contributed by atoms with Crippen LogP contribution in [0.3, 0.4) is 0 Å². The Bertz CT molecular complexity index is 430. The Hall–Kier alpha value is -1.09. The molecule has 104 valence electrons. The van der Waals surface area contributed by atoms with Crippen LogP contribution >= 0.6 is 0 Å². The normalized spacial score (nSPS) is 22.1. The Labute approximate surface area is 116 Å². The molecule has 2 aliphatic heterocycles. The van der Waals surface area contributed by atoms with Gasteiger partial charge in [-0.2, -0.15) is 0 Å². The maximum atomic E-state index is 4.64. The molecule has 1 aromatic rings. The van der Waals surface area contributed by atoms with E-state index in [0.717, 1.165) is 19.1 Å². The number of hydrogen-bond donors (Lipinski definition) is 0. The number of pyridine rings is 1. The number of aryl methyl sites for hydroxylation is 2. The molecular weight excluding hydrogens is 234 g/mol. The SMILES string of the molecule is Cc1cnc(N2CCC(N3CCCC3)CC2)c(C)c1. The third-order valence-corrected chi connectivity index (χ3v) is 4.61. The van der Waals surface area contributed by atoms with Gasteiger partial charge in [0.15, 0.2) is 0 Å². The third kappa shape index (κ3) is 2.76. The fourth-order valence-corrected chi connectivity index (χ4v) is 3.59. The first kappa shape index (κ1) is 12.9. The number of hydrogen-bond acceptors (Lipinski definition) is 3. The second kappa shape index (κ2) is 5.49. The van der Waals surface area contributed by atoms with Crippen LogP contribution < -0.4 is 4.90 Å². The number of likely N-dealkylation sites (tertiary alicyclic amines) is 1. The molecular formula is C16H25N3. The summed E-state index contributed by atoms with van der Waals surface area (Å²) in [5, 5.41) is 0. The smallest absolute Gasteiger partial charge is 0.131 e. The summed E-state index contributed by atoms with van der Waals surface area (Å²) in [5.74, 6) is 1.20. The van der Waals surface area contributed by atoms with E-state index in [4.69, 9.17) is 0 Å². The maximum Gasteiger partial charge on any atom is 0.131 e. The van der Waals surface area contributed by atoms with Gasteiger partial charge < -0.3 is 9.80 Å². The van der Waals surface area contributed by atoms with Crippen molar-refractivity contribution in [3.8, 4) is 0 Å². The minimum atomic E-state index is 0.824. The molecule has 0 N–H and O–H groups in total. The van der Waals surface area contributed by atoms with Gasteiger partial charge in [-0.1, -0.05) is 6.07 Å². The van der Waals surface area contributed by atoms with Crippen molar-refractivity contribution in [1.29, 1.82) is 0 Å². The zero-order valence-electron chi connectivity index (χ0n) is 12.2. The predicted octanol–water partition coefficient (Wildman–Crippen LogP) is 2.76. The second-order valence-electron chi connectivity index (χ2n) is 6.11. The largest absolute Gasteiger partial charge is 0.356 e. The monoisotopic (exact) mass is 259 g/mol. The lowest BCUT2D eigenvalue weighted by Gasteiger charge is -2.37. The van der Waals surface area contributed by atoms with E-state index in [1.165, 1.54) is 55.7 Å². The molecule has 1 aromatic heterocycles. The van der Waals surface area contributed by atoms with Gasteiger partial charge in [0.1, 0.15) is 5.82 Å². The Morgan fingerprint density at radius 3 is 2.37 bits per heavy atom. The third-order valence-electron chi connectivity index (χ3n) is 4.61. The van der Waals surface area contributed by atoms with E-state index in [9.17, 15) is 0 Å². The van der Waals surface area contributed by atoms with Gasteiger partial charge in [-0.05, 0) is 63.7 Å². The first-order chi connectivity index (χ1) is 9.24. The Balaban J connectivity index is 1.63. The van der Waals surface area contributed by atoms with Crippen LogP contribution in [0.2, 0.25) is 0 Å². The molecule has 0 radical (unpaired) electrons. The van der Waals surface area contributed by atoms with Gasteiger partial charge in [0.05, 0.1) is 0 Å². The minimum absolute atomic E-state index is 0.824. The van der Waals surface area contributed by atoms with Crippen LogP contribution in [0.1, 0.15) is 36.8 Å². The topological polar surface area (TPSA) is 19.4 Å². The van der Waals surface area contributed by atoms with Gasteiger partial charge in [-0.25, -0.2) is 4.98 Å². The summed E-state index contributed by atoms with van der Waals surface area (Å²) in [6, 6.07) is 3.07. The summed E-state index contributed by atoms with van der Waals surface area (Å²) in [7, 11) is 0. The molecule has 3 rings (SSSR count). The molecule has 0 bridgehead atoms. The van der Waals surface area contributed by atoms with E-state index in [1.807, 2.05) is 6.20 Å². The molecule has 0 amide bonds. The Morgan fingerprint density at radius 1 is 1.05 bits per heavy atom. The van der Waals surface area contributed by atoms with Crippen molar-refractivity contribution in [2.45, 2.75) is 45.6 Å². The van der Waals surface area contributed by atoms with Crippen molar-refractivity contribution in [3.05, 3.63) is 23.4 Å². The highest BCUT2D eigenvalue weighted by Gasteiger charge is 2.27. The zero-order chi connectivity index (χ0) is 13.2. The molecule has 0 unspecified atom stereocenters. The highest BCUT2D eigenvalue weighted by Crippen LogP contribution is 2.25. The molecule has 2 saturated heterocycles. The summed E-state index contributed by atoms with van der Waals surface area (Å²) in [4.78, 5) is 9.81. The Kier molecular flexibility index (Phi) is 3.74. The van der Waals surface area contributed by atoms with E-state index in [1.54, 1.807) is 0 Å². The summed E-state index contributed by atoms with van der Waals surface area (Å²) < 4.78 is 0. The first-order valence-corrected chi connectivity index (χ1v) is 7.66. The quantitative estimate of drug-likeness (QED) is 0.814. The van der Waals surface area contributed by atoms with Gasteiger partial charge in [0, 0.05) is 25.3 Å². The molecule has 0 aromatic carbocycles. The maximum absolute atomic E-state index is 4.64. The summed E-state index contributed by atoms with van der Waals surface area (Å²) in [6.07, 6.45) is 7.40. The summed E-state index contributed by atoms with van der Waals surface area (Å²) >= 11 is 0. The molecule has 19 heavy (non-hydrogen) atoms. The fourth-order valence-electron chi connectivity index (χ4n) is 3.59.